The van der Waals surface area contributed by atoms with Crippen LogP contribution < -0.4 is 0 Å². The van der Waals surface area contributed by atoms with E-state index in [1.165, 1.54) is 0 Å². The monoisotopic (exact) mass is 247 g/mol. The first-order chi connectivity index (χ1) is 8.90. The Morgan fingerprint density at radius 1 is 1.11 bits per heavy atom. The van der Waals surface area contributed by atoms with Gasteiger partial charge in [0.15, 0.2) is 0 Å². The van der Waals surface area contributed by atoms with Crippen molar-refractivity contribution < 1.29 is 9.47 Å². The van der Waals surface area contributed by atoms with Gasteiger partial charge in [0.25, 0.3) is 0 Å². The lowest BCUT2D eigenvalue weighted by atomic mass is 10.2. The first-order valence-electron chi connectivity index (χ1n) is 5.92. The lowest BCUT2D eigenvalue weighted by Gasteiger charge is -2.02. The molecule has 0 fully saturated rings. The van der Waals surface area contributed by atoms with Crippen LogP contribution in [0.4, 0.5) is 0 Å². The fraction of sp³-hybridized carbons (Fsp3) is 0.385. The highest BCUT2D eigenvalue weighted by Gasteiger charge is 2.02. The van der Waals surface area contributed by atoms with Gasteiger partial charge >= 0.3 is 0 Å². The van der Waals surface area contributed by atoms with Gasteiger partial charge in [-0.2, -0.15) is 0 Å². The largest absolute Gasteiger partial charge is 0.382 e. The van der Waals surface area contributed by atoms with E-state index in [4.69, 9.17) is 9.47 Å². The molecule has 1 aromatic carbocycles. The Labute approximate surface area is 106 Å². The Morgan fingerprint density at radius 3 is 2.72 bits per heavy atom. The molecule has 0 aliphatic heterocycles. The van der Waals surface area contributed by atoms with Crippen molar-refractivity contribution in [3.63, 3.8) is 0 Å². The maximum atomic E-state index is 5.38. The lowest BCUT2D eigenvalue weighted by Crippen LogP contribution is -2.09. The minimum atomic E-state index is 0.608. The molecule has 0 atom stereocenters. The molecule has 0 saturated heterocycles. The molecular weight excluding hydrogens is 230 g/mol. The van der Waals surface area contributed by atoms with Gasteiger partial charge < -0.3 is 9.47 Å². The summed E-state index contributed by atoms with van der Waals surface area (Å²) in [7, 11) is 1.66. The summed E-state index contributed by atoms with van der Waals surface area (Å²) in [6.45, 7) is 2.54. The molecular formula is C13H17N3O2. The van der Waals surface area contributed by atoms with E-state index in [1.54, 1.807) is 11.8 Å². The van der Waals surface area contributed by atoms with Gasteiger partial charge in [-0.1, -0.05) is 35.5 Å². The van der Waals surface area contributed by atoms with Crippen LogP contribution in [0.1, 0.15) is 0 Å². The van der Waals surface area contributed by atoms with Gasteiger partial charge in [0, 0.05) is 12.7 Å². The standard InChI is InChI=1S/C13H17N3O2/c1-17-9-10-18-8-7-16-11-13(14-15-16)12-5-3-2-4-6-12/h2-6,11H,7-10H2,1H3. The Kier molecular flexibility index (Phi) is 4.87. The van der Waals surface area contributed by atoms with Crippen LogP contribution in [-0.4, -0.2) is 41.9 Å². The molecule has 0 aliphatic rings. The van der Waals surface area contributed by atoms with E-state index < -0.39 is 0 Å². The Morgan fingerprint density at radius 2 is 1.94 bits per heavy atom. The predicted octanol–water partition coefficient (Wildman–Crippen LogP) is 1.61. The third-order valence-electron chi connectivity index (χ3n) is 2.50. The Hall–Kier alpha value is -1.72. The lowest BCUT2D eigenvalue weighted by molar-refractivity contribution is 0.0652. The highest BCUT2D eigenvalue weighted by molar-refractivity contribution is 5.56. The van der Waals surface area contributed by atoms with Crippen molar-refractivity contribution in [2.75, 3.05) is 26.9 Å². The van der Waals surface area contributed by atoms with Gasteiger partial charge in [-0.05, 0) is 0 Å². The number of rotatable bonds is 7. The first-order valence-corrected chi connectivity index (χ1v) is 5.92. The molecule has 0 unspecified atom stereocenters. The number of benzene rings is 1. The second-order valence-corrected chi connectivity index (χ2v) is 3.84. The van der Waals surface area contributed by atoms with E-state index >= 15 is 0 Å². The Balaban J connectivity index is 1.83. The molecule has 1 aromatic heterocycles. The third-order valence-corrected chi connectivity index (χ3v) is 2.50. The smallest absolute Gasteiger partial charge is 0.113 e. The zero-order valence-electron chi connectivity index (χ0n) is 10.5. The van der Waals surface area contributed by atoms with Crippen LogP contribution in [0.5, 0.6) is 0 Å². The van der Waals surface area contributed by atoms with Crippen molar-refractivity contribution in [1.82, 2.24) is 15.0 Å². The molecule has 2 aromatic rings. The average Bonchev–Trinajstić information content (AvgIpc) is 2.88. The van der Waals surface area contributed by atoms with Crippen molar-refractivity contribution in [3.05, 3.63) is 36.5 Å². The summed E-state index contributed by atoms with van der Waals surface area (Å²) in [4.78, 5) is 0. The fourth-order valence-electron chi connectivity index (χ4n) is 1.55. The number of ether oxygens (including phenoxy) is 2. The molecule has 0 N–H and O–H groups in total. The number of hydrogen-bond acceptors (Lipinski definition) is 4. The van der Waals surface area contributed by atoms with Gasteiger partial charge in [0.2, 0.25) is 0 Å². The van der Waals surface area contributed by atoms with Crippen molar-refractivity contribution in [1.29, 1.82) is 0 Å². The van der Waals surface area contributed by atoms with E-state index in [-0.39, 0.29) is 0 Å². The van der Waals surface area contributed by atoms with Crippen LogP contribution in [-0.2, 0) is 16.0 Å². The average molecular weight is 247 g/mol. The summed E-state index contributed by atoms with van der Waals surface area (Å²) in [6.07, 6.45) is 1.93. The molecule has 18 heavy (non-hydrogen) atoms. The molecule has 0 saturated carbocycles. The molecule has 0 bridgehead atoms. The van der Waals surface area contributed by atoms with Crippen LogP contribution in [0.15, 0.2) is 36.5 Å². The highest BCUT2D eigenvalue weighted by Crippen LogP contribution is 2.14. The van der Waals surface area contributed by atoms with Crippen LogP contribution in [0.25, 0.3) is 11.3 Å². The third kappa shape index (κ3) is 3.65. The van der Waals surface area contributed by atoms with Crippen LogP contribution in [0, 0.1) is 0 Å². The minimum Gasteiger partial charge on any atom is -0.382 e. The predicted molar refractivity (Wildman–Crippen MR) is 68.2 cm³/mol. The van der Waals surface area contributed by atoms with Crippen LogP contribution in [0.2, 0.25) is 0 Å². The van der Waals surface area contributed by atoms with Crippen molar-refractivity contribution >= 4 is 0 Å². The highest BCUT2D eigenvalue weighted by atomic mass is 16.5. The normalized spacial score (nSPS) is 10.7. The van der Waals surface area contributed by atoms with Crippen LogP contribution >= 0.6 is 0 Å². The van der Waals surface area contributed by atoms with E-state index in [0.717, 1.165) is 11.3 Å². The summed E-state index contributed by atoms with van der Waals surface area (Å²) >= 11 is 0. The molecule has 5 nitrogen and oxygen atoms in total. The number of methoxy groups -OCH3 is 1. The van der Waals surface area contributed by atoms with Gasteiger partial charge in [-0.15, -0.1) is 5.10 Å². The summed E-state index contributed by atoms with van der Waals surface area (Å²) < 4.78 is 12.1. The summed E-state index contributed by atoms with van der Waals surface area (Å²) in [5.41, 5.74) is 1.96. The number of aromatic nitrogens is 3. The maximum Gasteiger partial charge on any atom is 0.113 e. The summed E-state index contributed by atoms with van der Waals surface area (Å²) in [5, 5.41) is 8.20. The van der Waals surface area contributed by atoms with Crippen molar-refractivity contribution in [2.24, 2.45) is 0 Å². The number of nitrogens with zero attached hydrogens (tertiary/aromatic N) is 3. The first kappa shape index (κ1) is 12.7. The van der Waals surface area contributed by atoms with Crippen molar-refractivity contribution in [3.8, 4) is 11.3 Å². The molecule has 0 amide bonds. The zero-order valence-corrected chi connectivity index (χ0v) is 10.5. The molecule has 0 spiro atoms. The van der Waals surface area contributed by atoms with Crippen molar-refractivity contribution in [2.45, 2.75) is 6.54 Å². The maximum absolute atomic E-state index is 5.38. The van der Waals surface area contributed by atoms with E-state index in [0.29, 0.717) is 26.4 Å². The van der Waals surface area contributed by atoms with Gasteiger partial charge in [-0.25, -0.2) is 4.68 Å². The molecule has 2 rings (SSSR count). The number of hydrogen-bond donors (Lipinski definition) is 0. The topological polar surface area (TPSA) is 49.2 Å². The SMILES string of the molecule is COCCOCCn1cc(-c2ccccc2)nn1. The van der Waals surface area contributed by atoms with E-state index in [1.807, 2.05) is 36.5 Å². The van der Waals surface area contributed by atoms with Gasteiger partial charge in [0.1, 0.15) is 5.69 Å². The van der Waals surface area contributed by atoms with Crippen LogP contribution in [0.3, 0.4) is 0 Å². The Bertz CT molecular complexity index is 456. The zero-order chi connectivity index (χ0) is 12.6. The van der Waals surface area contributed by atoms with Gasteiger partial charge in [-0.3, -0.25) is 0 Å². The van der Waals surface area contributed by atoms with Gasteiger partial charge in [0.05, 0.1) is 32.6 Å². The van der Waals surface area contributed by atoms with E-state index in [9.17, 15) is 0 Å². The quantitative estimate of drug-likeness (QED) is 0.697. The molecule has 96 valence electrons. The molecule has 0 radical (unpaired) electrons. The molecule has 5 heteroatoms. The minimum absolute atomic E-state index is 0.608. The van der Waals surface area contributed by atoms with E-state index in [2.05, 4.69) is 10.3 Å². The fourth-order valence-corrected chi connectivity index (χ4v) is 1.55. The molecule has 1 heterocycles. The molecule has 0 aliphatic carbocycles. The second-order valence-electron chi connectivity index (χ2n) is 3.84. The summed E-state index contributed by atoms with van der Waals surface area (Å²) in [5.74, 6) is 0. The second kappa shape index (κ2) is 6.88. The summed E-state index contributed by atoms with van der Waals surface area (Å²) in [6, 6.07) is 9.99.